The fourth-order valence-corrected chi connectivity index (χ4v) is 2.94. The van der Waals surface area contributed by atoms with Crippen molar-refractivity contribution in [2.24, 2.45) is 0 Å². The van der Waals surface area contributed by atoms with Crippen LogP contribution in [0.15, 0.2) is 10.9 Å². The van der Waals surface area contributed by atoms with Crippen LogP contribution in [-0.4, -0.2) is 27.5 Å². The first-order valence-electron chi connectivity index (χ1n) is 5.54. The van der Waals surface area contributed by atoms with E-state index in [2.05, 4.69) is 21.5 Å². The summed E-state index contributed by atoms with van der Waals surface area (Å²) in [6.07, 6.45) is 5.73. The summed E-state index contributed by atoms with van der Waals surface area (Å²) in [5.41, 5.74) is -0.0885. The van der Waals surface area contributed by atoms with E-state index in [9.17, 15) is 4.79 Å². The van der Waals surface area contributed by atoms with Gasteiger partial charge in [0, 0.05) is 17.4 Å². The molecular weight excluding hydrogens is 222 g/mol. The lowest BCUT2D eigenvalue weighted by Crippen LogP contribution is -2.19. The Kier molecular flexibility index (Phi) is 3.53. The molecule has 1 fully saturated rings. The van der Waals surface area contributed by atoms with Crippen LogP contribution < -0.4 is 10.9 Å². The smallest absolute Gasteiger partial charge is 0.252 e. The molecule has 2 N–H and O–H groups in total. The van der Waals surface area contributed by atoms with Crippen LogP contribution in [0.3, 0.4) is 0 Å². The zero-order chi connectivity index (χ0) is 11.5. The van der Waals surface area contributed by atoms with Gasteiger partial charge in [-0.15, -0.1) is 0 Å². The molecule has 2 atom stereocenters. The molecule has 0 saturated heterocycles. The minimum absolute atomic E-state index is 0.0885. The van der Waals surface area contributed by atoms with E-state index in [1.165, 1.54) is 18.9 Å². The highest BCUT2D eigenvalue weighted by atomic mass is 32.2. The number of H-pyrrole nitrogens is 1. The number of nitrogens with one attached hydrogen (secondary N) is 2. The highest BCUT2D eigenvalue weighted by molar-refractivity contribution is 7.99. The van der Waals surface area contributed by atoms with Crippen molar-refractivity contribution in [3.8, 4) is 0 Å². The van der Waals surface area contributed by atoms with Gasteiger partial charge in [-0.05, 0) is 32.4 Å². The quantitative estimate of drug-likeness (QED) is 0.844. The van der Waals surface area contributed by atoms with Crippen LogP contribution in [0.2, 0.25) is 0 Å². The molecule has 1 aromatic heterocycles. The predicted octanol–water partition coefficient (Wildman–Crippen LogP) is 1.77. The maximum atomic E-state index is 11.3. The van der Waals surface area contributed by atoms with Gasteiger partial charge in [0.25, 0.3) is 5.56 Å². The number of aryl methyl sites for hydroxylation is 1. The summed E-state index contributed by atoms with van der Waals surface area (Å²) in [4.78, 5) is 18.2. The van der Waals surface area contributed by atoms with E-state index >= 15 is 0 Å². The first-order valence-corrected chi connectivity index (χ1v) is 6.83. The Morgan fingerprint density at radius 2 is 2.38 bits per heavy atom. The van der Waals surface area contributed by atoms with Crippen LogP contribution in [0, 0.1) is 6.92 Å². The van der Waals surface area contributed by atoms with Crippen LogP contribution in [0.1, 0.15) is 25.1 Å². The van der Waals surface area contributed by atoms with Crippen LogP contribution in [0.5, 0.6) is 0 Å². The molecule has 1 aliphatic carbocycles. The van der Waals surface area contributed by atoms with E-state index in [1.807, 2.05) is 11.8 Å². The van der Waals surface area contributed by atoms with Crippen molar-refractivity contribution in [1.82, 2.24) is 9.97 Å². The number of thioether (sulfide) groups is 1. The van der Waals surface area contributed by atoms with Gasteiger partial charge in [-0.1, -0.05) is 0 Å². The van der Waals surface area contributed by atoms with Crippen LogP contribution in [0.25, 0.3) is 0 Å². The Balaban J connectivity index is 2.02. The number of hydrogen-bond acceptors (Lipinski definition) is 4. The summed E-state index contributed by atoms with van der Waals surface area (Å²) in [5, 5.41) is 4.09. The largest absolute Gasteiger partial charge is 0.367 e. The number of nitrogens with zero attached hydrogens (tertiary/aromatic N) is 1. The molecule has 1 aliphatic rings. The third-order valence-corrected chi connectivity index (χ3v) is 4.02. The lowest BCUT2D eigenvalue weighted by atomic mass is 10.2. The zero-order valence-corrected chi connectivity index (χ0v) is 10.4. The maximum absolute atomic E-state index is 11.3. The van der Waals surface area contributed by atoms with Gasteiger partial charge in [-0.2, -0.15) is 11.8 Å². The fraction of sp³-hybridized carbons (Fsp3) is 0.636. The van der Waals surface area contributed by atoms with E-state index < -0.39 is 0 Å². The standard InChI is InChI=1S/C11H17N3OS/c1-7-12-10(6-11(15)13-7)14-8-3-4-9(5-8)16-2/h6,8-9H,3-5H2,1-2H3,(H2,12,13,14,15). The summed E-state index contributed by atoms with van der Waals surface area (Å²) in [6, 6.07) is 1.99. The van der Waals surface area contributed by atoms with Gasteiger partial charge in [0.2, 0.25) is 0 Å². The van der Waals surface area contributed by atoms with Crippen molar-refractivity contribution < 1.29 is 0 Å². The molecule has 4 nitrogen and oxygen atoms in total. The molecule has 0 radical (unpaired) electrons. The van der Waals surface area contributed by atoms with Gasteiger partial charge in [0.05, 0.1) is 0 Å². The molecular formula is C11H17N3OS. The molecule has 0 spiro atoms. The van der Waals surface area contributed by atoms with Crippen molar-refractivity contribution in [2.45, 2.75) is 37.5 Å². The van der Waals surface area contributed by atoms with Gasteiger partial charge < -0.3 is 10.3 Å². The van der Waals surface area contributed by atoms with E-state index in [-0.39, 0.29) is 5.56 Å². The number of hydrogen-bond donors (Lipinski definition) is 2. The van der Waals surface area contributed by atoms with Crippen molar-refractivity contribution in [3.63, 3.8) is 0 Å². The van der Waals surface area contributed by atoms with Crippen molar-refractivity contribution >= 4 is 17.6 Å². The lowest BCUT2D eigenvalue weighted by Gasteiger charge is -2.13. The molecule has 1 aromatic rings. The van der Waals surface area contributed by atoms with Crippen molar-refractivity contribution in [2.75, 3.05) is 11.6 Å². The lowest BCUT2D eigenvalue weighted by molar-refractivity contribution is 0.749. The second-order valence-electron chi connectivity index (χ2n) is 4.23. The maximum Gasteiger partial charge on any atom is 0.252 e. The highest BCUT2D eigenvalue weighted by Crippen LogP contribution is 2.29. The molecule has 1 heterocycles. The first-order chi connectivity index (χ1) is 7.67. The predicted molar refractivity (Wildman–Crippen MR) is 68.2 cm³/mol. The Bertz CT molecular complexity index is 418. The van der Waals surface area contributed by atoms with Gasteiger partial charge >= 0.3 is 0 Å². The first kappa shape index (κ1) is 11.5. The molecule has 5 heteroatoms. The van der Waals surface area contributed by atoms with E-state index in [0.717, 1.165) is 11.7 Å². The summed E-state index contributed by atoms with van der Waals surface area (Å²) in [7, 11) is 0. The molecule has 0 bridgehead atoms. The zero-order valence-electron chi connectivity index (χ0n) is 9.62. The Morgan fingerprint density at radius 1 is 1.56 bits per heavy atom. The normalized spacial score (nSPS) is 24.6. The highest BCUT2D eigenvalue weighted by Gasteiger charge is 2.23. The average molecular weight is 239 g/mol. The Hall–Kier alpha value is -0.970. The number of aromatic nitrogens is 2. The second-order valence-corrected chi connectivity index (χ2v) is 5.37. The molecule has 0 aliphatic heterocycles. The molecule has 1 saturated carbocycles. The second kappa shape index (κ2) is 4.91. The van der Waals surface area contributed by atoms with E-state index in [4.69, 9.17) is 0 Å². The van der Waals surface area contributed by atoms with Gasteiger partial charge in [-0.25, -0.2) is 4.98 Å². The SMILES string of the molecule is CSC1CCC(Nc2cc(=O)[nH]c(C)n2)C1. The molecule has 16 heavy (non-hydrogen) atoms. The number of aromatic amines is 1. The summed E-state index contributed by atoms with van der Waals surface area (Å²) in [5.74, 6) is 1.36. The summed E-state index contributed by atoms with van der Waals surface area (Å²) >= 11 is 1.92. The van der Waals surface area contributed by atoms with E-state index in [0.29, 0.717) is 17.7 Å². The minimum Gasteiger partial charge on any atom is -0.367 e. The van der Waals surface area contributed by atoms with Gasteiger partial charge in [-0.3, -0.25) is 4.79 Å². The topological polar surface area (TPSA) is 57.8 Å². The van der Waals surface area contributed by atoms with E-state index in [1.54, 1.807) is 6.92 Å². The van der Waals surface area contributed by atoms with Crippen LogP contribution in [-0.2, 0) is 0 Å². The monoisotopic (exact) mass is 239 g/mol. The minimum atomic E-state index is -0.0885. The van der Waals surface area contributed by atoms with Crippen LogP contribution in [0.4, 0.5) is 5.82 Å². The van der Waals surface area contributed by atoms with Crippen molar-refractivity contribution in [1.29, 1.82) is 0 Å². The molecule has 2 unspecified atom stereocenters. The number of rotatable bonds is 3. The number of anilines is 1. The average Bonchev–Trinajstić information content (AvgIpc) is 2.64. The molecule has 0 aromatic carbocycles. The van der Waals surface area contributed by atoms with Gasteiger partial charge in [0.1, 0.15) is 11.6 Å². The molecule has 88 valence electrons. The third-order valence-electron chi connectivity index (χ3n) is 2.93. The molecule has 0 amide bonds. The van der Waals surface area contributed by atoms with Crippen LogP contribution >= 0.6 is 11.8 Å². The van der Waals surface area contributed by atoms with Crippen molar-refractivity contribution in [3.05, 3.63) is 22.2 Å². The Morgan fingerprint density at radius 3 is 3.00 bits per heavy atom. The van der Waals surface area contributed by atoms with Gasteiger partial charge in [0.15, 0.2) is 0 Å². The summed E-state index contributed by atoms with van der Waals surface area (Å²) < 4.78 is 0. The summed E-state index contributed by atoms with van der Waals surface area (Å²) in [6.45, 7) is 1.80. The fourth-order valence-electron chi connectivity index (χ4n) is 2.15. The third kappa shape index (κ3) is 2.78. The Labute approximate surface area is 99.3 Å². The molecule has 2 rings (SSSR count).